The predicted molar refractivity (Wildman–Crippen MR) is 115 cm³/mol. The molecule has 4 aromatic rings. The summed E-state index contributed by atoms with van der Waals surface area (Å²) in [5.41, 5.74) is 0.375. The Morgan fingerprint density at radius 2 is 2.03 bits per heavy atom. The van der Waals surface area contributed by atoms with Gasteiger partial charge in [-0.2, -0.15) is 0 Å². The number of benzene rings is 2. The largest absolute Gasteiger partial charge is 0.503 e. The molecule has 0 saturated heterocycles. The first-order chi connectivity index (χ1) is 15.5. The van der Waals surface area contributed by atoms with Crippen LogP contribution in [0.3, 0.4) is 0 Å². The van der Waals surface area contributed by atoms with Crippen molar-refractivity contribution in [3.8, 4) is 5.75 Å². The molecule has 2 aromatic carbocycles. The van der Waals surface area contributed by atoms with Gasteiger partial charge in [-0.1, -0.05) is 29.5 Å². The van der Waals surface area contributed by atoms with Crippen LogP contribution in [0.1, 0.15) is 22.2 Å². The van der Waals surface area contributed by atoms with Crippen molar-refractivity contribution in [1.82, 2.24) is 4.98 Å². The Balaban J connectivity index is 1.69. The first kappa shape index (κ1) is 20.0. The van der Waals surface area contributed by atoms with Crippen LogP contribution in [0, 0.1) is 5.82 Å². The minimum Gasteiger partial charge on any atom is -0.503 e. The molecule has 2 aromatic heterocycles. The highest BCUT2D eigenvalue weighted by Crippen LogP contribution is 2.45. The third-order valence-electron chi connectivity index (χ3n) is 5.19. The van der Waals surface area contributed by atoms with E-state index in [9.17, 15) is 19.1 Å². The number of hydrogen-bond acceptors (Lipinski definition) is 7. The van der Waals surface area contributed by atoms with E-state index < -0.39 is 29.3 Å². The minimum atomic E-state index is -1.22. The predicted octanol–water partition coefficient (Wildman–Crippen LogP) is 4.82. The second-order valence-corrected chi connectivity index (χ2v) is 8.01. The molecule has 0 aliphatic carbocycles. The lowest BCUT2D eigenvalue weighted by molar-refractivity contribution is -0.117. The highest BCUT2D eigenvalue weighted by atomic mass is 32.1. The lowest BCUT2D eigenvalue weighted by atomic mass is 9.95. The smallest absolute Gasteiger partial charge is 0.296 e. The van der Waals surface area contributed by atoms with Crippen molar-refractivity contribution in [2.45, 2.75) is 6.04 Å². The maximum absolute atomic E-state index is 14.9. The Morgan fingerprint density at radius 1 is 1.22 bits per heavy atom. The number of amides is 1. The molecule has 1 unspecified atom stereocenters. The average molecular weight is 450 g/mol. The van der Waals surface area contributed by atoms with E-state index >= 15 is 0 Å². The molecule has 0 spiro atoms. The van der Waals surface area contributed by atoms with Crippen molar-refractivity contribution in [3.63, 3.8) is 0 Å². The zero-order valence-corrected chi connectivity index (χ0v) is 17.4. The Bertz CT molecular complexity index is 1390. The fraction of sp³-hybridized carbons (Fsp3) is 0.0870. The molecule has 1 aliphatic heterocycles. The molecule has 0 radical (unpaired) electrons. The Morgan fingerprint density at radius 3 is 2.75 bits per heavy atom. The van der Waals surface area contributed by atoms with Crippen LogP contribution < -0.4 is 9.64 Å². The molecule has 32 heavy (non-hydrogen) atoms. The molecule has 5 rings (SSSR count). The van der Waals surface area contributed by atoms with Crippen LogP contribution in [0.5, 0.6) is 5.75 Å². The Hall–Kier alpha value is -3.98. The van der Waals surface area contributed by atoms with E-state index in [1.54, 1.807) is 24.3 Å². The maximum atomic E-state index is 14.9. The number of ether oxygens (including phenoxy) is 1. The number of thiazole rings is 1. The molecule has 1 aliphatic rings. The number of carbonyl (C=O) groups excluding carboxylic acids is 2. The SMILES string of the molecule is COc1ccc2nc(N3C(=O)C(O)=C(C(=O)c4ccco4)C3c3ccccc3F)sc2c1. The highest BCUT2D eigenvalue weighted by Gasteiger charge is 2.47. The van der Waals surface area contributed by atoms with Crippen LogP contribution in [0.2, 0.25) is 0 Å². The molecule has 160 valence electrons. The summed E-state index contributed by atoms with van der Waals surface area (Å²) < 4.78 is 26.0. The van der Waals surface area contributed by atoms with Crippen molar-refractivity contribution in [1.29, 1.82) is 0 Å². The summed E-state index contributed by atoms with van der Waals surface area (Å²) in [5.74, 6) is -2.41. The first-order valence-electron chi connectivity index (χ1n) is 9.53. The molecule has 1 N–H and O–H groups in total. The number of aliphatic hydroxyl groups is 1. The monoisotopic (exact) mass is 450 g/mol. The van der Waals surface area contributed by atoms with Crippen LogP contribution in [0.15, 0.2) is 76.6 Å². The summed E-state index contributed by atoms with van der Waals surface area (Å²) in [6.45, 7) is 0. The van der Waals surface area contributed by atoms with Crippen LogP contribution in [0.25, 0.3) is 10.2 Å². The zero-order valence-electron chi connectivity index (χ0n) is 16.6. The molecular formula is C23H15FN2O5S. The fourth-order valence-corrected chi connectivity index (χ4v) is 4.71. The van der Waals surface area contributed by atoms with Gasteiger partial charge < -0.3 is 14.3 Å². The van der Waals surface area contributed by atoms with Crippen LogP contribution >= 0.6 is 11.3 Å². The maximum Gasteiger partial charge on any atom is 0.296 e. The number of furan rings is 1. The number of carbonyl (C=O) groups is 2. The molecule has 1 atom stereocenters. The average Bonchev–Trinajstić information content (AvgIpc) is 3.52. The first-order valence-corrected chi connectivity index (χ1v) is 10.3. The van der Waals surface area contributed by atoms with Gasteiger partial charge in [-0.15, -0.1) is 0 Å². The van der Waals surface area contributed by atoms with Gasteiger partial charge in [-0.25, -0.2) is 9.37 Å². The van der Waals surface area contributed by atoms with Gasteiger partial charge in [0.25, 0.3) is 5.91 Å². The van der Waals surface area contributed by atoms with Crippen LogP contribution in [-0.2, 0) is 4.79 Å². The standard InChI is InChI=1S/C23H15FN2O5S/c1-30-12-8-9-15-17(11-12)32-23(25-15)26-19(13-5-2-3-6-14(13)24)18(21(28)22(26)29)20(27)16-7-4-10-31-16/h2-11,19,28H,1H3. The van der Waals surface area contributed by atoms with Gasteiger partial charge in [0.05, 0.1) is 29.2 Å². The zero-order chi connectivity index (χ0) is 22.4. The number of anilines is 1. The minimum absolute atomic E-state index is 0.0524. The van der Waals surface area contributed by atoms with E-state index in [2.05, 4.69) is 4.98 Å². The van der Waals surface area contributed by atoms with E-state index in [0.29, 0.717) is 11.3 Å². The number of aliphatic hydroxyl groups excluding tert-OH is 1. The normalized spacial score (nSPS) is 16.2. The van der Waals surface area contributed by atoms with Crippen molar-refractivity contribution in [2.75, 3.05) is 12.0 Å². The van der Waals surface area contributed by atoms with E-state index in [-0.39, 0.29) is 22.0 Å². The number of hydrogen-bond donors (Lipinski definition) is 1. The molecule has 0 fully saturated rings. The number of fused-ring (bicyclic) bond motifs is 1. The quantitative estimate of drug-likeness (QED) is 0.438. The van der Waals surface area contributed by atoms with E-state index in [1.165, 1.54) is 43.7 Å². The second-order valence-electron chi connectivity index (χ2n) is 7.00. The molecule has 7 nitrogen and oxygen atoms in total. The Kier molecular flexibility index (Phi) is 4.75. The highest BCUT2D eigenvalue weighted by molar-refractivity contribution is 7.22. The second kappa shape index (κ2) is 7.61. The van der Waals surface area contributed by atoms with Gasteiger partial charge in [-0.05, 0) is 36.4 Å². The number of halogens is 1. The van der Waals surface area contributed by atoms with Gasteiger partial charge in [0, 0.05) is 5.56 Å². The number of nitrogens with zero attached hydrogens (tertiary/aromatic N) is 2. The van der Waals surface area contributed by atoms with Crippen LogP contribution in [0.4, 0.5) is 9.52 Å². The van der Waals surface area contributed by atoms with E-state index in [4.69, 9.17) is 9.15 Å². The summed E-state index contributed by atoms with van der Waals surface area (Å²) in [5, 5.41) is 10.9. The lowest BCUT2D eigenvalue weighted by Gasteiger charge is -2.24. The molecule has 0 bridgehead atoms. The molecule has 0 saturated carbocycles. The summed E-state index contributed by atoms with van der Waals surface area (Å²) in [6, 6.07) is 12.7. The van der Waals surface area contributed by atoms with Gasteiger partial charge in [0.15, 0.2) is 16.7 Å². The Labute approximate surface area is 185 Å². The molecule has 3 heterocycles. The van der Waals surface area contributed by atoms with Crippen molar-refractivity contribution in [3.05, 3.63) is 89.3 Å². The van der Waals surface area contributed by atoms with Gasteiger partial charge >= 0.3 is 0 Å². The van der Waals surface area contributed by atoms with E-state index in [1.807, 2.05) is 0 Å². The fourth-order valence-electron chi connectivity index (χ4n) is 3.69. The van der Waals surface area contributed by atoms with Gasteiger partial charge in [0.2, 0.25) is 5.78 Å². The summed E-state index contributed by atoms with van der Waals surface area (Å²) in [4.78, 5) is 31.9. The van der Waals surface area contributed by atoms with Crippen molar-refractivity contribution in [2.24, 2.45) is 0 Å². The third kappa shape index (κ3) is 3.05. The molecular weight excluding hydrogens is 435 g/mol. The number of Topliss-reactive ketones (excluding diaryl/α,β-unsaturated/α-hetero) is 1. The summed E-state index contributed by atoms with van der Waals surface area (Å²) >= 11 is 1.16. The van der Waals surface area contributed by atoms with E-state index in [0.717, 1.165) is 20.9 Å². The lowest BCUT2D eigenvalue weighted by Crippen LogP contribution is -2.31. The third-order valence-corrected chi connectivity index (χ3v) is 6.21. The number of rotatable bonds is 5. The van der Waals surface area contributed by atoms with Crippen LogP contribution in [-0.4, -0.2) is 28.9 Å². The van der Waals surface area contributed by atoms with Crippen molar-refractivity contribution >= 4 is 38.4 Å². The summed E-state index contributed by atoms with van der Waals surface area (Å²) in [7, 11) is 1.54. The topological polar surface area (TPSA) is 92.9 Å². The van der Waals surface area contributed by atoms with Crippen molar-refractivity contribution < 1.29 is 28.2 Å². The van der Waals surface area contributed by atoms with Gasteiger partial charge in [-0.3, -0.25) is 14.5 Å². The molecule has 1 amide bonds. The number of aromatic nitrogens is 1. The molecule has 9 heteroatoms. The number of methoxy groups -OCH3 is 1. The summed E-state index contributed by atoms with van der Waals surface area (Å²) in [6.07, 6.45) is 1.30. The number of ketones is 1. The van der Waals surface area contributed by atoms with Gasteiger partial charge in [0.1, 0.15) is 17.6 Å².